The molecule has 0 bridgehead atoms. The van der Waals surface area contributed by atoms with E-state index in [0.29, 0.717) is 28.9 Å². The number of benzene rings is 2. The van der Waals surface area contributed by atoms with Crippen LogP contribution in [-0.2, 0) is 0 Å². The molecule has 0 heterocycles. The number of nitrogens with zero attached hydrogens (tertiary/aromatic N) is 2. The number of carbonyl (C=O) groups excluding carboxylic acids is 2. The van der Waals surface area contributed by atoms with Gasteiger partial charge in [-0.15, -0.1) is 0 Å². The van der Waals surface area contributed by atoms with Crippen LogP contribution >= 0.6 is 0 Å². The molecule has 6 heteroatoms. The normalized spacial score (nSPS) is 10.2. The summed E-state index contributed by atoms with van der Waals surface area (Å²) in [5, 5.41) is 14.7. The van der Waals surface area contributed by atoms with Gasteiger partial charge in [0, 0.05) is 17.7 Å². The van der Waals surface area contributed by atoms with E-state index in [4.69, 9.17) is 5.26 Å². The van der Waals surface area contributed by atoms with Crippen molar-refractivity contribution in [3.05, 3.63) is 65.2 Å². The highest BCUT2D eigenvalue weighted by Gasteiger charge is 2.12. The number of carbonyl (C=O) groups is 2. The third-order valence-corrected chi connectivity index (χ3v) is 3.75. The average molecular weight is 350 g/mol. The Bertz CT molecular complexity index is 825. The molecule has 6 nitrogen and oxygen atoms in total. The van der Waals surface area contributed by atoms with Crippen LogP contribution in [0.3, 0.4) is 0 Å². The predicted molar refractivity (Wildman–Crippen MR) is 101 cm³/mol. The van der Waals surface area contributed by atoms with Crippen LogP contribution < -0.4 is 10.6 Å². The van der Waals surface area contributed by atoms with Crippen LogP contribution in [0, 0.1) is 11.3 Å². The first-order valence-corrected chi connectivity index (χ1v) is 8.34. The van der Waals surface area contributed by atoms with Gasteiger partial charge in [0.05, 0.1) is 11.3 Å². The zero-order valence-electron chi connectivity index (χ0n) is 15.0. The Morgan fingerprint density at radius 3 is 2.42 bits per heavy atom. The number of hydrogen-bond donors (Lipinski definition) is 2. The lowest BCUT2D eigenvalue weighted by Gasteiger charge is -2.11. The van der Waals surface area contributed by atoms with E-state index >= 15 is 0 Å². The van der Waals surface area contributed by atoms with E-state index in [9.17, 15) is 9.59 Å². The van der Waals surface area contributed by atoms with Gasteiger partial charge in [-0.05, 0) is 57.4 Å². The number of nitriles is 1. The molecule has 2 rings (SSSR count). The van der Waals surface area contributed by atoms with Crippen molar-refractivity contribution in [3.8, 4) is 6.07 Å². The molecule has 134 valence electrons. The zero-order valence-corrected chi connectivity index (χ0v) is 15.0. The van der Waals surface area contributed by atoms with Gasteiger partial charge in [-0.25, -0.2) is 0 Å². The molecular formula is C20H22N4O2. The van der Waals surface area contributed by atoms with Crippen LogP contribution in [0.2, 0.25) is 0 Å². The Morgan fingerprint density at radius 2 is 1.73 bits per heavy atom. The summed E-state index contributed by atoms with van der Waals surface area (Å²) < 4.78 is 0. The van der Waals surface area contributed by atoms with E-state index in [1.807, 2.05) is 20.2 Å². The smallest absolute Gasteiger partial charge is 0.255 e. The highest BCUT2D eigenvalue weighted by Crippen LogP contribution is 2.15. The summed E-state index contributed by atoms with van der Waals surface area (Å²) in [6, 6.07) is 15.3. The van der Waals surface area contributed by atoms with Gasteiger partial charge < -0.3 is 15.5 Å². The van der Waals surface area contributed by atoms with Crippen LogP contribution in [0.5, 0.6) is 0 Å². The summed E-state index contributed by atoms with van der Waals surface area (Å²) in [6.45, 7) is 1.46. The monoisotopic (exact) mass is 350 g/mol. The van der Waals surface area contributed by atoms with Gasteiger partial charge >= 0.3 is 0 Å². The Kier molecular flexibility index (Phi) is 6.89. The van der Waals surface area contributed by atoms with Gasteiger partial charge in [-0.1, -0.05) is 18.2 Å². The number of anilines is 1. The standard InChI is InChI=1S/C20H22N4O2/c1-24(2)12-6-11-22-19(25)15-8-5-9-16(13-15)20(26)23-18-10-4-3-7-17(18)14-21/h3-5,7-10,13H,6,11-12H2,1-2H3,(H,22,25)(H,23,26). The van der Waals surface area contributed by atoms with Gasteiger partial charge in [0.25, 0.3) is 11.8 Å². The molecule has 0 saturated carbocycles. The Balaban J connectivity index is 2.02. The Labute approximate surface area is 153 Å². The zero-order chi connectivity index (χ0) is 18.9. The van der Waals surface area contributed by atoms with Crippen molar-refractivity contribution in [3.63, 3.8) is 0 Å². The second-order valence-corrected chi connectivity index (χ2v) is 6.11. The fourth-order valence-corrected chi connectivity index (χ4v) is 2.39. The van der Waals surface area contributed by atoms with Gasteiger partial charge in [0.15, 0.2) is 0 Å². The Hall–Kier alpha value is -3.17. The molecule has 0 radical (unpaired) electrons. The molecule has 0 aliphatic carbocycles. The molecule has 0 spiro atoms. The maximum absolute atomic E-state index is 12.4. The van der Waals surface area contributed by atoms with Crippen LogP contribution in [0.15, 0.2) is 48.5 Å². The van der Waals surface area contributed by atoms with Crippen molar-refractivity contribution in [2.75, 3.05) is 32.5 Å². The second-order valence-electron chi connectivity index (χ2n) is 6.11. The Morgan fingerprint density at radius 1 is 1.04 bits per heavy atom. The average Bonchev–Trinajstić information content (AvgIpc) is 2.65. The van der Waals surface area contributed by atoms with Crippen LogP contribution in [0.1, 0.15) is 32.7 Å². The number of para-hydroxylation sites is 1. The first-order chi connectivity index (χ1) is 12.5. The van der Waals surface area contributed by atoms with E-state index in [0.717, 1.165) is 13.0 Å². The molecule has 0 saturated heterocycles. The van der Waals surface area contributed by atoms with Crippen molar-refractivity contribution >= 4 is 17.5 Å². The molecule has 0 aliphatic heterocycles. The number of nitrogens with one attached hydrogen (secondary N) is 2. The highest BCUT2D eigenvalue weighted by atomic mass is 16.2. The maximum Gasteiger partial charge on any atom is 0.255 e. The van der Waals surface area contributed by atoms with E-state index in [2.05, 4.69) is 15.5 Å². The minimum atomic E-state index is -0.366. The molecule has 0 aromatic heterocycles. The summed E-state index contributed by atoms with van der Waals surface area (Å²) in [4.78, 5) is 26.7. The molecule has 2 aromatic rings. The molecule has 0 unspecified atom stereocenters. The van der Waals surface area contributed by atoms with Gasteiger partial charge in [0.2, 0.25) is 0 Å². The van der Waals surface area contributed by atoms with Crippen molar-refractivity contribution in [1.82, 2.24) is 10.2 Å². The summed E-state index contributed by atoms with van der Waals surface area (Å²) >= 11 is 0. The number of hydrogen-bond acceptors (Lipinski definition) is 4. The molecule has 0 fully saturated rings. The quantitative estimate of drug-likeness (QED) is 0.751. The van der Waals surface area contributed by atoms with Crippen LogP contribution in [0.25, 0.3) is 0 Å². The largest absolute Gasteiger partial charge is 0.352 e. The summed E-state index contributed by atoms with van der Waals surface area (Å²) in [5.41, 5.74) is 1.61. The van der Waals surface area contributed by atoms with Crippen molar-refractivity contribution in [1.29, 1.82) is 5.26 Å². The fourth-order valence-electron chi connectivity index (χ4n) is 2.39. The summed E-state index contributed by atoms with van der Waals surface area (Å²) in [5.74, 6) is -0.578. The van der Waals surface area contributed by atoms with E-state index in [1.54, 1.807) is 48.5 Å². The molecule has 2 amide bonds. The van der Waals surface area contributed by atoms with E-state index in [-0.39, 0.29) is 11.8 Å². The van der Waals surface area contributed by atoms with Gasteiger partial charge in [-0.3, -0.25) is 9.59 Å². The molecule has 0 aliphatic rings. The lowest BCUT2D eigenvalue weighted by atomic mass is 10.1. The van der Waals surface area contributed by atoms with E-state index in [1.165, 1.54) is 0 Å². The SMILES string of the molecule is CN(C)CCCNC(=O)c1cccc(C(=O)Nc2ccccc2C#N)c1. The van der Waals surface area contributed by atoms with Gasteiger partial charge in [-0.2, -0.15) is 5.26 Å². The lowest BCUT2D eigenvalue weighted by molar-refractivity contribution is 0.0952. The van der Waals surface area contributed by atoms with Crippen LogP contribution in [-0.4, -0.2) is 43.9 Å². The van der Waals surface area contributed by atoms with E-state index < -0.39 is 0 Å². The second kappa shape index (κ2) is 9.35. The highest BCUT2D eigenvalue weighted by molar-refractivity contribution is 6.06. The minimum Gasteiger partial charge on any atom is -0.352 e. The molecule has 0 atom stereocenters. The molecule has 2 N–H and O–H groups in total. The van der Waals surface area contributed by atoms with Crippen molar-refractivity contribution in [2.24, 2.45) is 0 Å². The lowest BCUT2D eigenvalue weighted by Crippen LogP contribution is -2.27. The first kappa shape index (κ1) is 19.2. The molecular weight excluding hydrogens is 328 g/mol. The minimum absolute atomic E-state index is 0.212. The predicted octanol–water partition coefficient (Wildman–Crippen LogP) is 2.49. The number of amides is 2. The summed E-state index contributed by atoms with van der Waals surface area (Å²) in [6.07, 6.45) is 0.851. The molecule has 2 aromatic carbocycles. The third-order valence-electron chi connectivity index (χ3n) is 3.75. The summed E-state index contributed by atoms with van der Waals surface area (Å²) in [7, 11) is 3.96. The maximum atomic E-state index is 12.4. The van der Waals surface area contributed by atoms with Crippen molar-refractivity contribution in [2.45, 2.75) is 6.42 Å². The molecule has 26 heavy (non-hydrogen) atoms. The fraction of sp³-hybridized carbons (Fsp3) is 0.250. The third kappa shape index (κ3) is 5.43. The van der Waals surface area contributed by atoms with Crippen LogP contribution in [0.4, 0.5) is 5.69 Å². The first-order valence-electron chi connectivity index (χ1n) is 8.34. The van der Waals surface area contributed by atoms with Crippen molar-refractivity contribution < 1.29 is 9.59 Å². The van der Waals surface area contributed by atoms with Gasteiger partial charge in [0.1, 0.15) is 6.07 Å². The number of rotatable bonds is 7. The topological polar surface area (TPSA) is 85.2 Å².